The van der Waals surface area contributed by atoms with Crippen LogP contribution in [0.2, 0.25) is 0 Å². The van der Waals surface area contributed by atoms with E-state index in [4.69, 9.17) is 0 Å². The van der Waals surface area contributed by atoms with Gasteiger partial charge < -0.3 is 10.6 Å². The van der Waals surface area contributed by atoms with Crippen LogP contribution >= 0.6 is 11.8 Å². The van der Waals surface area contributed by atoms with Crippen LogP contribution in [-0.4, -0.2) is 11.8 Å². The maximum atomic E-state index is 3.85. The predicted molar refractivity (Wildman–Crippen MR) is 119 cm³/mol. The third-order valence-corrected chi connectivity index (χ3v) is 5.35. The van der Waals surface area contributed by atoms with E-state index >= 15 is 0 Å². The summed E-state index contributed by atoms with van der Waals surface area (Å²) in [4.78, 5) is 1.25. The summed E-state index contributed by atoms with van der Waals surface area (Å²) in [5.41, 5.74) is 3.44. The van der Waals surface area contributed by atoms with Crippen molar-refractivity contribution in [1.82, 2.24) is 0 Å². The number of anilines is 3. The van der Waals surface area contributed by atoms with Crippen molar-refractivity contribution in [2.45, 2.75) is 56.9 Å². The molecular weight excluding hydrogens is 336 g/mol. The van der Waals surface area contributed by atoms with Gasteiger partial charge in [0, 0.05) is 28.1 Å². The summed E-state index contributed by atoms with van der Waals surface area (Å²) in [5, 5.41) is 7.19. The Labute approximate surface area is 163 Å². The minimum Gasteiger partial charge on any atom is -0.383 e. The van der Waals surface area contributed by atoms with Gasteiger partial charge >= 0.3 is 0 Å². The molecule has 0 radical (unpaired) electrons. The number of rotatable bonds is 12. The Hall–Kier alpha value is -1.87. The van der Waals surface area contributed by atoms with Crippen molar-refractivity contribution < 1.29 is 0 Å². The Morgan fingerprint density at radius 1 is 1.04 bits per heavy atom. The minimum absolute atomic E-state index is 0.497. The van der Waals surface area contributed by atoms with Gasteiger partial charge in [0.25, 0.3) is 0 Å². The molecule has 140 valence electrons. The van der Waals surface area contributed by atoms with Crippen molar-refractivity contribution in [3.63, 3.8) is 0 Å². The Bertz CT molecular complexity index is 655. The first-order valence-electron chi connectivity index (χ1n) is 9.69. The largest absolute Gasteiger partial charge is 0.383 e. The molecule has 0 aromatic heterocycles. The lowest BCUT2D eigenvalue weighted by Gasteiger charge is -2.18. The van der Waals surface area contributed by atoms with Crippen LogP contribution in [-0.2, 0) is 0 Å². The van der Waals surface area contributed by atoms with E-state index in [0.717, 1.165) is 17.1 Å². The van der Waals surface area contributed by atoms with Gasteiger partial charge in [-0.3, -0.25) is 0 Å². The average molecular weight is 369 g/mol. The predicted octanol–water partition coefficient (Wildman–Crippen LogP) is 7.48. The van der Waals surface area contributed by atoms with Gasteiger partial charge in [0.05, 0.1) is 5.69 Å². The number of thioether (sulfide) groups is 1. The molecule has 2 nitrogen and oxygen atoms in total. The van der Waals surface area contributed by atoms with Crippen molar-refractivity contribution in [1.29, 1.82) is 0 Å². The first-order valence-corrected chi connectivity index (χ1v) is 10.7. The van der Waals surface area contributed by atoms with E-state index in [1.165, 1.54) is 42.7 Å². The lowest BCUT2D eigenvalue weighted by atomic mass is 10.1. The molecule has 2 aromatic carbocycles. The summed E-state index contributed by atoms with van der Waals surface area (Å²) in [7, 11) is 0. The van der Waals surface area contributed by atoms with Crippen LogP contribution in [0.25, 0.3) is 0 Å². The van der Waals surface area contributed by atoms with Crippen LogP contribution in [0.4, 0.5) is 17.1 Å². The number of unbranched alkanes of at least 4 members (excludes halogenated alkanes) is 3. The maximum Gasteiger partial charge on any atom is 0.0524 e. The molecule has 0 saturated carbocycles. The Morgan fingerprint density at radius 2 is 1.85 bits per heavy atom. The van der Waals surface area contributed by atoms with Crippen LogP contribution in [0.15, 0.2) is 66.1 Å². The van der Waals surface area contributed by atoms with Crippen LogP contribution in [0.3, 0.4) is 0 Å². The zero-order chi connectivity index (χ0) is 18.6. The number of hydrogen-bond donors (Lipinski definition) is 2. The first kappa shape index (κ1) is 20.4. The summed E-state index contributed by atoms with van der Waals surface area (Å²) < 4.78 is 0. The Morgan fingerprint density at radius 3 is 2.58 bits per heavy atom. The minimum atomic E-state index is 0.497. The van der Waals surface area contributed by atoms with Crippen LogP contribution in [0.1, 0.15) is 46.0 Å². The van der Waals surface area contributed by atoms with E-state index in [1.54, 1.807) is 0 Å². The molecule has 0 amide bonds. The molecule has 0 bridgehead atoms. The highest BCUT2D eigenvalue weighted by Crippen LogP contribution is 2.32. The third-order valence-electron chi connectivity index (χ3n) is 4.29. The standard InChI is InChI=1S/C23H32N2S/c1-4-6-7-9-12-19(3)24-21-15-16-22(23(18-21)26-17-5-2)25-20-13-10-8-11-14-20/h5,8,10-11,13-16,18-19,24-25H,2,4,6-7,9,12,17H2,1,3H3. The quantitative estimate of drug-likeness (QED) is 0.231. The lowest BCUT2D eigenvalue weighted by Crippen LogP contribution is -2.15. The molecular formula is C23H32N2S. The van der Waals surface area contributed by atoms with Crippen molar-refractivity contribution in [2.75, 3.05) is 16.4 Å². The van der Waals surface area contributed by atoms with Crippen molar-refractivity contribution >= 4 is 28.8 Å². The van der Waals surface area contributed by atoms with Gasteiger partial charge in [0.15, 0.2) is 0 Å². The normalized spacial score (nSPS) is 11.8. The van der Waals surface area contributed by atoms with Gasteiger partial charge in [0.1, 0.15) is 0 Å². The smallest absolute Gasteiger partial charge is 0.0524 e. The van der Waals surface area contributed by atoms with Crippen molar-refractivity contribution in [3.8, 4) is 0 Å². The molecule has 1 atom stereocenters. The van der Waals surface area contributed by atoms with Gasteiger partial charge in [-0.2, -0.15) is 0 Å². The number of nitrogens with one attached hydrogen (secondary N) is 2. The van der Waals surface area contributed by atoms with E-state index in [-0.39, 0.29) is 0 Å². The van der Waals surface area contributed by atoms with Gasteiger partial charge in [-0.25, -0.2) is 0 Å². The summed E-state index contributed by atoms with van der Waals surface area (Å²) >= 11 is 1.81. The molecule has 0 aliphatic carbocycles. The summed E-state index contributed by atoms with van der Waals surface area (Å²) in [6, 6.07) is 17.4. The SMILES string of the molecule is C=CCSc1cc(NC(C)CCCCCC)ccc1Nc1ccccc1. The monoisotopic (exact) mass is 368 g/mol. The molecule has 0 heterocycles. The van der Waals surface area contributed by atoms with Gasteiger partial charge in [-0.15, -0.1) is 18.3 Å². The fourth-order valence-corrected chi connectivity index (χ4v) is 3.68. The molecule has 0 spiro atoms. The second-order valence-electron chi connectivity index (χ2n) is 6.70. The fraction of sp³-hybridized carbons (Fsp3) is 0.391. The lowest BCUT2D eigenvalue weighted by molar-refractivity contribution is 0.594. The number of para-hydroxylation sites is 1. The molecule has 0 aliphatic heterocycles. The third kappa shape index (κ3) is 7.17. The topological polar surface area (TPSA) is 24.1 Å². The molecule has 2 N–H and O–H groups in total. The molecule has 3 heteroatoms. The second-order valence-corrected chi connectivity index (χ2v) is 7.76. The van der Waals surface area contributed by atoms with Gasteiger partial charge in [0.2, 0.25) is 0 Å². The zero-order valence-corrected chi connectivity index (χ0v) is 16.9. The maximum absolute atomic E-state index is 3.85. The Kier molecular flexibility index (Phi) is 9.19. The number of benzene rings is 2. The summed E-state index contributed by atoms with van der Waals surface area (Å²) in [5.74, 6) is 0.902. The van der Waals surface area contributed by atoms with E-state index in [1.807, 2.05) is 23.9 Å². The van der Waals surface area contributed by atoms with Crippen molar-refractivity contribution in [3.05, 3.63) is 61.2 Å². The highest BCUT2D eigenvalue weighted by molar-refractivity contribution is 7.99. The zero-order valence-electron chi connectivity index (χ0n) is 16.1. The second kappa shape index (κ2) is 11.7. The molecule has 2 rings (SSSR count). The van der Waals surface area contributed by atoms with E-state index in [2.05, 4.69) is 73.5 Å². The number of hydrogen-bond acceptors (Lipinski definition) is 3. The van der Waals surface area contributed by atoms with E-state index < -0.39 is 0 Å². The summed E-state index contributed by atoms with van der Waals surface area (Å²) in [6.07, 6.45) is 8.44. The fourth-order valence-electron chi connectivity index (χ4n) is 2.89. The molecule has 1 unspecified atom stereocenters. The van der Waals surface area contributed by atoms with Crippen LogP contribution in [0, 0.1) is 0 Å². The molecule has 26 heavy (non-hydrogen) atoms. The van der Waals surface area contributed by atoms with Crippen molar-refractivity contribution in [2.24, 2.45) is 0 Å². The first-order chi connectivity index (χ1) is 12.7. The van der Waals surface area contributed by atoms with Gasteiger partial charge in [-0.1, -0.05) is 56.9 Å². The molecule has 0 aliphatic rings. The Balaban J connectivity index is 2.03. The van der Waals surface area contributed by atoms with Crippen LogP contribution in [0.5, 0.6) is 0 Å². The molecule has 0 fully saturated rings. The van der Waals surface area contributed by atoms with Gasteiger partial charge in [-0.05, 0) is 43.7 Å². The van der Waals surface area contributed by atoms with Crippen LogP contribution < -0.4 is 10.6 Å². The summed E-state index contributed by atoms with van der Waals surface area (Å²) in [6.45, 7) is 8.39. The highest BCUT2D eigenvalue weighted by atomic mass is 32.2. The molecule has 0 saturated heterocycles. The highest BCUT2D eigenvalue weighted by Gasteiger charge is 2.07. The molecule has 2 aromatic rings. The average Bonchev–Trinajstić information content (AvgIpc) is 2.66. The van der Waals surface area contributed by atoms with E-state index in [9.17, 15) is 0 Å². The van der Waals surface area contributed by atoms with E-state index in [0.29, 0.717) is 6.04 Å².